The van der Waals surface area contributed by atoms with Gasteiger partial charge in [0.15, 0.2) is 0 Å². The lowest BCUT2D eigenvalue weighted by Gasteiger charge is -2.14. The second-order valence-electron chi connectivity index (χ2n) is 2.80. The molecule has 6 heteroatoms. The van der Waals surface area contributed by atoms with E-state index in [-0.39, 0.29) is 0 Å². The quantitative estimate of drug-likeness (QED) is 0.781. The van der Waals surface area contributed by atoms with Crippen molar-refractivity contribution < 1.29 is 27.5 Å². The molecule has 1 aromatic carbocycles. The van der Waals surface area contributed by atoms with Crippen LogP contribution in [0.1, 0.15) is 22.1 Å². The average Bonchev–Trinajstić information content (AvgIpc) is 2.15. The van der Waals surface area contributed by atoms with Crippen molar-refractivity contribution in [1.82, 2.24) is 0 Å². The first-order chi connectivity index (χ1) is 6.84. The molecule has 0 aliphatic carbocycles. The summed E-state index contributed by atoms with van der Waals surface area (Å²) in [4.78, 5) is 10.5. The van der Waals surface area contributed by atoms with Crippen molar-refractivity contribution in [2.75, 3.05) is 0 Å². The molecule has 1 N–H and O–H groups in total. The van der Waals surface area contributed by atoms with Crippen molar-refractivity contribution in [3.63, 3.8) is 0 Å². The minimum absolute atomic E-state index is 0.678. The van der Waals surface area contributed by atoms with Gasteiger partial charge in [-0.2, -0.15) is 13.2 Å². The third-order valence-corrected chi connectivity index (χ3v) is 1.75. The van der Waals surface area contributed by atoms with Crippen LogP contribution in [0.2, 0.25) is 0 Å². The van der Waals surface area contributed by atoms with Crippen molar-refractivity contribution in [2.24, 2.45) is 0 Å². The smallest absolute Gasteiger partial charge is 0.423 e. The Morgan fingerprint density at radius 2 is 1.80 bits per heavy atom. The van der Waals surface area contributed by atoms with E-state index in [0.29, 0.717) is 0 Å². The summed E-state index contributed by atoms with van der Waals surface area (Å²) >= 11 is 0. The number of benzene rings is 1. The van der Waals surface area contributed by atoms with Crippen LogP contribution in [-0.4, -0.2) is 17.3 Å². The zero-order chi connectivity index (χ0) is 11.6. The van der Waals surface area contributed by atoms with E-state index in [1.807, 2.05) is 0 Å². The molecule has 1 atom stereocenters. The standard InChI is InChI=1S/C9H6F4O2/c10-7(9(11,12)13)5-3-1-2-4-6(5)8(14)15/h1-4,7H,(H,14,15). The van der Waals surface area contributed by atoms with Gasteiger partial charge in [0.05, 0.1) is 5.56 Å². The zero-order valence-electron chi connectivity index (χ0n) is 7.25. The fourth-order valence-corrected chi connectivity index (χ4v) is 1.09. The second-order valence-corrected chi connectivity index (χ2v) is 2.80. The van der Waals surface area contributed by atoms with Gasteiger partial charge in [-0.25, -0.2) is 9.18 Å². The Balaban J connectivity index is 3.19. The first kappa shape index (κ1) is 11.5. The molecule has 0 fully saturated rings. The van der Waals surface area contributed by atoms with Gasteiger partial charge in [0.25, 0.3) is 0 Å². The van der Waals surface area contributed by atoms with E-state index >= 15 is 0 Å². The van der Waals surface area contributed by atoms with Crippen LogP contribution in [0.3, 0.4) is 0 Å². The van der Waals surface area contributed by atoms with Gasteiger partial charge < -0.3 is 5.11 Å². The molecule has 0 bridgehead atoms. The first-order valence-electron chi connectivity index (χ1n) is 3.87. The van der Waals surface area contributed by atoms with E-state index < -0.39 is 29.4 Å². The first-order valence-corrected chi connectivity index (χ1v) is 3.87. The van der Waals surface area contributed by atoms with Crippen LogP contribution in [0.5, 0.6) is 0 Å². The maximum absolute atomic E-state index is 12.9. The van der Waals surface area contributed by atoms with Crippen LogP contribution in [0, 0.1) is 0 Å². The van der Waals surface area contributed by atoms with E-state index in [1.165, 1.54) is 6.07 Å². The van der Waals surface area contributed by atoms with Crippen molar-refractivity contribution in [2.45, 2.75) is 12.3 Å². The van der Waals surface area contributed by atoms with Crippen LogP contribution in [0.15, 0.2) is 24.3 Å². The third-order valence-electron chi connectivity index (χ3n) is 1.75. The van der Waals surface area contributed by atoms with Crippen molar-refractivity contribution in [3.05, 3.63) is 35.4 Å². The fraction of sp³-hybridized carbons (Fsp3) is 0.222. The number of alkyl halides is 4. The molecule has 1 unspecified atom stereocenters. The van der Waals surface area contributed by atoms with Gasteiger partial charge in [-0.3, -0.25) is 0 Å². The largest absolute Gasteiger partial charge is 0.478 e. The van der Waals surface area contributed by atoms with E-state index in [1.54, 1.807) is 0 Å². The van der Waals surface area contributed by atoms with Gasteiger partial charge in [0.1, 0.15) is 0 Å². The summed E-state index contributed by atoms with van der Waals surface area (Å²) in [7, 11) is 0. The van der Waals surface area contributed by atoms with Gasteiger partial charge in [0, 0.05) is 5.56 Å². The second kappa shape index (κ2) is 3.88. The molecule has 2 nitrogen and oxygen atoms in total. The molecular formula is C9H6F4O2. The Hall–Kier alpha value is -1.59. The number of halogens is 4. The number of hydrogen-bond donors (Lipinski definition) is 1. The van der Waals surface area contributed by atoms with Crippen molar-refractivity contribution in [3.8, 4) is 0 Å². The van der Waals surface area contributed by atoms with E-state index in [4.69, 9.17) is 5.11 Å². The molecule has 82 valence electrons. The number of carboxylic acid groups (broad SMARTS) is 1. The summed E-state index contributed by atoms with van der Waals surface area (Å²) in [6, 6.07) is 4.12. The number of carboxylic acids is 1. The highest BCUT2D eigenvalue weighted by molar-refractivity contribution is 5.89. The minimum Gasteiger partial charge on any atom is -0.478 e. The van der Waals surface area contributed by atoms with Gasteiger partial charge >= 0.3 is 12.1 Å². The molecule has 0 heterocycles. The van der Waals surface area contributed by atoms with Crippen LogP contribution in [0.25, 0.3) is 0 Å². The Kier molecular flexibility index (Phi) is 2.97. The summed E-state index contributed by atoms with van der Waals surface area (Å²) < 4.78 is 48.9. The molecule has 0 aromatic heterocycles. The summed E-state index contributed by atoms with van der Waals surface area (Å²) in [5.41, 5.74) is -1.56. The maximum atomic E-state index is 12.9. The predicted molar refractivity (Wildman–Crippen MR) is 43.3 cm³/mol. The SMILES string of the molecule is O=C(O)c1ccccc1C(F)C(F)(F)F. The van der Waals surface area contributed by atoms with Gasteiger partial charge in [-0.15, -0.1) is 0 Å². The lowest BCUT2D eigenvalue weighted by molar-refractivity contribution is -0.182. The Morgan fingerprint density at radius 1 is 1.27 bits per heavy atom. The molecule has 0 amide bonds. The van der Waals surface area contributed by atoms with Crippen LogP contribution in [-0.2, 0) is 0 Å². The van der Waals surface area contributed by atoms with Gasteiger partial charge in [-0.05, 0) is 6.07 Å². The molecule has 1 aromatic rings. The molecule has 0 radical (unpaired) electrons. The van der Waals surface area contributed by atoms with E-state index in [0.717, 1.165) is 18.2 Å². The zero-order valence-corrected chi connectivity index (χ0v) is 7.25. The Morgan fingerprint density at radius 3 is 2.27 bits per heavy atom. The number of hydrogen-bond acceptors (Lipinski definition) is 1. The average molecular weight is 222 g/mol. The maximum Gasteiger partial charge on any atom is 0.423 e. The van der Waals surface area contributed by atoms with Gasteiger partial charge in [0.2, 0.25) is 6.17 Å². The lowest BCUT2D eigenvalue weighted by Crippen LogP contribution is -2.19. The Labute approximate surface area is 82.1 Å². The number of carbonyl (C=O) groups is 1. The Bertz CT molecular complexity index is 373. The summed E-state index contributed by atoms with van der Waals surface area (Å²) in [6.45, 7) is 0. The summed E-state index contributed by atoms with van der Waals surface area (Å²) in [5, 5.41) is 8.55. The normalized spacial score (nSPS) is 13.6. The van der Waals surface area contributed by atoms with Crippen LogP contribution in [0.4, 0.5) is 17.6 Å². The minimum atomic E-state index is -5.09. The number of rotatable bonds is 2. The van der Waals surface area contributed by atoms with Crippen molar-refractivity contribution >= 4 is 5.97 Å². The molecule has 0 aliphatic rings. The monoisotopic (exact) mass is 222 g/mol. The molecule has 0 spiro atoms. The summed E-state index contributed by atoms with van der Waals surface area (Å²) in [6.07, 6.45) is -8.37. The molecule has 1 rings (SSSR count). The molecule has 0 aliphatic heterocycles. The van der Waals surface area contributed by atoms with Crippen molar-refractivity contribution in [1.29, 1.82) is 0 Å². The van der Waals surface area contributed by atoms with E-state index in [2.05, 4.69) is 0 Å². The van der Waals surface area contributed by atoms with Crippen LogP contribution < -0.4 is 0 Å². The third kappa shape index (κ3) is 2.45. The molecule has 0 saturated heterocycles. The highest BCUT2D eigenvalue weighted by Gasteiger charge is 2.42. The highest BCUT2D eigenvalue weighted by Crippen LogP contribution is 2.37. The topological polar surface area (TPSA) is 37.3 Å². The molecule has 15 heavy (non-hydrogen) atoms. The van der Waals surface area contributed by atoms with E-state index in [9.17, 15) is 22.4 Å². The van der Waals surface area contributed by atoms with Crippen LogP contribution >= 0.6 is 0 Å². The predicted octanol–water partition coefficient (Wildman–Crippen LogP) is 2.96. The fourth-order valence-electron chi connectivity index (χ4n) is 1.09. The lowest BCUT2D eigenvalue weighted by atomic mass is 10.0. The molecular weight excluding hydrogens is 216 g/mol. The highest BCUT2D eigenvalue weighted by atomic mass is 19.4. The summed E-state index contributed by atoms with van der Waals surface area (Å²) in [5.74, 6) is -1.59. The van der Waals surface area contributed by atoms with Gasteiger partial charge in [-0.1, -0.05) is 18.2 Å². The molecule has 0 saturated carbocycles. The number of aromatic carboxylic acids is 1.